The monoisotopic (exact) mass is 263 g/mol. The van der Waals surface area contributed by atoms with Crippen LogP contribution in [0.2, 0.25) is 0 Å². The van der Waals surface area contributed by atoms with E-state index in [-0.39, 0.29) is 18.2 Å². The number of hydrogen-bond acceptors (Lipinski definition) is 4. The second kappa shape index (κ2) is 5.69. The van der Waals surface area contributed by atoms with Crippen molar-refractivity contribution in [2.75, 3.05) is 18.8 Å². The number of pyridine rings is 1. The Morgan fingerprint density at radius 1 is 1.37 bits per heavy atom. The third kappa shape index (κ3) is 3.43. The van der Waals surface area contributed by atoms with E-state index in [1.165, 1.54) is 6.20 Å². The lowest BCUT2D eigenvalue weighted by Crippen LogP contribution is -2.39. The van der Waals surface area contributed by atoms with Gasteiger partial charge in [0.1, 0.15) is 5.69 Å². The molecular weight excluding hydrogens is 246 g/mol. The van der Waals surface area contributed by atoms with Gasteiger partial charge in [-0.15, -0.1) is 0 Å². The second-order valence-corrected chi connectivity index (χ2v) is 4.81. The van der Waals surface area contributed by atoms with Crippen molar-refractivity contribution in [2.45, 2.75) is 19.3 Å². The summed E-state index contributed by atoms with van der Waals surface area (Å²) in [6.45, 7) is 1.17. The Bertz CT molecular complexity index is 465. The molecule has 0 aromatic carbocycles. The van der Waals surface area contributed by atoms with Crippen LogP contribution in [0.4, 0.5) is 5.69 Å². The minimum absolute atomic E-state index is 0.117. The molecule has 0 saturated carbocycles. The fraction of sp³-hybridized carbons (Fsp3) is 0.462. The molecular formula is C13H17N3O3. The summed E-state index contributed by atoms with van der Waals surface area (Å²) in [5.74, 6) is -0.723. The lowest BCUT2D eigenvalue weighted by molar-refractivity contribution is -0.138. The molecule has 1 fully saturated rings. The average Bonchev–Trinajstić information content (AvgIpc) is 2.39. The maximum absolute atomic E-state index is 12.1. The van der Waals surface area contributed by atoms with Crippen molar-refractivity contribution in [2.24, 2.45) is 5.92 Å². The summed E-state index contributed by atoms with van der Waals surface area (Å²) in [4.78, 5) is 28.5. The zero-order chi connectivity index (χ0) is 13.8. The first kappa shape index (κ1) is 13.3. The smallest absolute Gasteiger partial charge is 0.303 e. The predicted molar refractivity (Wildman–Crippen MR) is 69.5 cm³/mol. The Morgan fingerprint density at radius 2 is 2.05 bits per heavy atom. The molecule has 0 spiro atoms. The van der Waals surface area contributed by atoms with Crippen LogP contribution < -0.4 is 5.73 Å². The maximum atomic E-state index is 12.1. The Kier molecular flexibility index (Phi) is 3.99. The van der Waals surface area contributed by atoms with Crippen molar-refractivity contribution in [1.82, 2.24) is 9.88 Å². The highest BCUT2D eigenvalue weighted by Gasteiger charge is 2.25. The van der Waals surface area contributed by atoms with Gasteiger partial charge in [-0.1, -0.05) is 0 Å². The van der Waals surface area contributed by atoms with E-state index in [9.17, 15) is 9.59 Å². The molecule has 3 N–H and O–H groups in total. The first-order chi connectivity index (χ1) is 9.06. The number of carbonyl (C=O) groups excluding carboxylic acids is 1. The van der Waals surface area contributed by atoms with Crippen LogP contribution in [0.25, 0.3) is 0 Å². The van der Waals surface area contributed by atoms with Gasteiger partial charge in [0, 0.05) is 19.5 Å². The Labute approximate surface area is 111 Å². The molecule has 1 amide bonds. The van der Waals surface area contributed by atoms with Crippen molar-refractivity contribution in [3.05, 3.63) is 24.0 Å². The molecule has 0 radical (unpaired) electrons. The van der Waals surface area contributed by atoms with Crippen LogP contribution in [0.1, 0.15) is 29.8 Å². The van der Waals surface area contributed by atoms with Crippen LogP contribution in [0.15, 0.2) is 18.3 Å². The highest BCUT2D eigenvalue weighted by molar-refractivity contribution is 5.92. The molecule has 1 aliphatic rings. The molecule has 0 aliphatic carbocycles. The first-order valence-corrected chi connectivity index (χ1v) is 6.29. The number of piperidine rings is 1. The van der Waals surface area contributed by atoms with Gasteiger partial charge in [-0.2, -0.15) is 0 Å². The van der Waals surface area contributed by atoms with E-state index in [1.54, 1.807) is 17.0 Å². The first-order valence-electron chi connectivity index (χ1n) is 6.29. The molecule has 2 rings (SSSR count). The summed E-state index contributed by atoms with van der Waals surface area (Å²) in [7, 11) is 0. The predicted octanol–water partition coefficient (Wildman–Crippen LogP) is 0.991. The van der Waals surface area contributed by atoms with E-state index in [0.717, 1.165) is 12.8 Å². The van der Waals surface area contributed by atoms with E-state index >= 15 is 0 Å². The summed E-state index contributed by atoms with van der Waals surface area (Å²) >= 11 is 0. The van der Waals surface area contributed by atoms with Gasteiger partial charge in [0.2, 0.25) is 0 Å². The molecule has 102 valence electrons. The summed E-state index contributed by atoms with van der Waals surface area (Å²) in [6, 6.07) is 3.26. The van der Waals surface area contributed by atoms with E-state index in [1.807, 2.05) is 0 Å². The molecule has 2 heterocycles. The number of nitrogen functional groups attached to an aromatic ring is 1. The minimum atomic E-state index is -0.773. The lowest BCUT2D eigenvalue weighted by Gasteiger charge is -2.31. The molecule has 19 heavy (non-hydrogen) atoms. The topological polar surface area (TPSA) is 96.5 Å². The van der Waals surface area contributed by atoms with Crippen LogP contribution in [0.3, 0.4) is 0 Å². The molecule has 0 bridgehead atoms. The third-order valence-corrected chi connectivity index (χ3v) is 3.37. The summed E-state index contributed by atoms with van der Waals surface area (Å²) in [6.07, 6.45) is 3.10. The minimum Gasteiger partial charge on any atom is -0.481 e. The number of hydrogen-bond donors (Lipinski definition) is 2. The number of carbonyl (C=O) groups is 2. The number of aliphatic carboxylic acids is 1. The molecule has 0 atom stereocenters. The molecule has 1 aromatic heterocycles. The molecule has 6 nitrogen and oxygen atoms in total. The van der Waals surface area contributed by atoms with Gasteiger partial charge in [-0.3, -0.25) is 9.59 Å². The molecule has 1 aliphatic heterocycles. The molecule has 1 aromatic rings. The number of aromatic nitrogens is 1. The number of likely N-dealkylation sites (tertiary alicyclic amines) is 1. The summed E-state index contributed by atoms with van der Waals surface area (Å²) < 4.78 is 0. The Hall–Kier alpha value is -2.11. The second-order valence-electron chi connectivity index (χ2n) is 4.81. The van der Waals surface area contributed by atoms with Crippen LogP contribution in [-0.4, -0.2) is 40.0 Å². The highest BCUT2D eigenvalue weighted by Crippen LogP contribution is 2.21. The standard InChI is InChI=1S/C13H17N3O3/c14-10-1-2-11(15-8-10)13(19)16-5-3-9(4-6-16)7-12(17)18/h1-2,8-9H,3-7,14H2,(H,17,18). The van der Waals surface area contributed by atoms with Gasteiger partial charge < -0.3 is 15.7 Å². The fourth-order valence-corrected chi connectivity index (χ4v) is 2.28. The molecule has 0 unspecified atom stereocenters. The number of anilines is 1. The zero-order valence-electron chi connectivity index (χ0n) is 10.6. The van der Waals surface area contributed by atoms with Gasteiger partial charge in [-0.05, 0) is 30.9 Å². The Morgan fingerprint density at radius 3 is 2.58 bits per heavy atom. The number of nitrogens with zero attached hydrogens (tertiary/aromatic N) is 2. The van der Waals surface area contributed by atoms with Crippen LogP contribution in [0, 0.1) is 5.92 Å². The molecule has 6 heteroatoms. The number of rotatable bonds is 3. The zero-order valence-corrected chi connectivity index (χ0v) is 10.6. The SMILES string of the molecule is Nc1ccc(C(=O)N2CCC(CC(=O)O)CC2)nc1. The average molecular weight is 263 g/mol. The quantitative estimate of drug-likeness (QED) is 0.847. The normalized spacial score (nSPS) is 16.3. The summed E-state index contributed by atoms with van der Waals surface area (Å²) in [5, 5.41) is 8.74. The van der Waals surface area contributed by atoms with Gasteiger partial charge in [0.05, 0.1) is 11.9 Å². The number of carboxylic acid groups (broad SMARTS) is 1. The van der Waals surface area contributed by atoms with Crippen molar-refractivity contribution >= 4 is 17.6 Å². The van der Waals surface area contributed by atoms with Crippen molar-refractivity contribution in [1.29, 1.82) is 0 Å². The molecule has 1 saturated heterocycles. The van der Waals surface area contributed by atoms with Gasteiger partial charge >= 0.3 is 5.97 Å². The maximum Gasteiger partial charge on any atom is 0.303 e. The van der Waals surface area contributed by atoms with Crippen molar-refractivity contribution in [3.63, 3.8) is 0 Å². The van der Waals surface area contributed by atoms with E-state index in [4.69, 9.17) is 10.8 Å². The van der Waals surface area contributed by atoms with Gasteiger partial charge in [0.15, 0.2) is 0 Å². The van der Waals surface area contributed by atoms with Gasteiger partial charge in [0.25, 0.3) is 5.91 Å². The summed E-state index contributed by atoms with van der Waals surface area (Å²) in [5.41, 5.74) is 6.43. The van der Waals surface area contributed by atoms with Crippen molar-refractivity contribution in [3.8, 4) is 0 Å². The number of carboxylic acids is 1. The van der Waals surface area contributed by atoms with Crippen LogP contribution in [0.5, 0.6) is 0 Å². The highest BCUT2D eigenvalue weighted by atomic mass is 16.4. The third-order valence-electron chi connectivity index (χ3n) is 3.37. The number of amides is 1. The van der Waals surface area contributed by atoms with Crippen LogP contribution >= 0.6 is 0 Å². The van der Waals surface area contributed by atoms with Crippen molar-refractivity contribution < 1.29 is 14.7 Å². The largest absolute Gasteiger partial charge is 0.481 e. The fourth-order valence-electron chi connectivity index (χ4n) is 2.28. The lowest BCUT2D eigenvalue weighted by atomic mass is 9.93. The van der Waals surface area contributed by atoms with E-state index in [2.05, 4.69) is 4.98 Å². The van der Waals surface area contributed by atoms with E-state index < -0.39 is 5.97 Å². The van der Waals surface area contributed by atoms with Gasteiger partial charge in [-0.25, -0.2) is 4.98 Å². The Balaban J connectivity index is 1.92. The van der Waals surface area contributed by atoms with Crippen LogP contribution in [-0.2, 0) is 4.79 Å². The number of nitrogens with two attached hydrogens (primary N) is 1. The van der Waals surface area contributed by atoms with E-state index in [0.29, 0.717) is 24.5 Å².